The van der Waals surface area contributed by atoms with E-state index in [0.717, 1.165) is 0 Å². The van der Waals surface area contributed by atoms with Crippen LogP contribution in [0.25, 0.3) is 0 Å². The third kappa shape index (κ3) is 5.75. The maximum atomic E-state index is 12.7. The predicted molar refractivity (Wildman–Crippen MR) is 66.3 cm³/mol. The van der Waals surface area contributed by atoms with Gasteiger partial charge >= 0.3 is 68.6 Å². The van der Waals surface area contributed by atoms with Gasteiger partial charge in [0.15, 0.2) is 0 Å². The Bertz CT molecular complexity index is 547. The summed E-state index contributed by atoms with van der Waals surface area (Å²) < 4.78 is 71.5. The Morgan fingerprint density at radius 2 is 1.78 bits per heavy atom. The van der Waals surface area contributed by atoms with E-state index in [0.29, 0.717) is 6.07 Å². The van der Waals surface area contributed by atoms with Gasteiger partial charge in [-0.3, -0.25) is 0 Å². The van der Waals surface area contributed by atoms with Crippen molar-refractivity contribution in [3.05, 3.63) is 26.8 Å². The van der Waals surface area contributed by atoms with Crippen molar-refractivity contribution >= 4 is 45.3 Å². The van der Waals surface area contributed by atoms with Crippen molar-refractivity contribution in [2.45, 2.75) is 12.7 Å². The zero-order valence-electron chi connectivity index (χ0n) is 9.55. The van der Waals surface area contributed by atoms with Gasteiger partial charge in [-0.05, 0) is 41.1 Å². The Hall–Kier alpha value is 1.32. The van der Waals surface area contributed by atoms with Crippen LogP contribution in [0.4, 0.5) is 16.8 Å². The molecule has 2 nitrogen and oxygen atoms in total. The first-order valence-corrected chi connectivity index (χ1v) is 7.05. The molecule has 0 aliphatic heterocycles. The topological polar surface area (TPSA) is 34.1 Å². The molecule has 0 saturated heterocycles. The molecule has 96 valence electrons. The van der Waals surface area contributed by atoms with Gasteiger partial charge in [0.25, 0.3) is 0 Å². The fourth-order valence-electron chi connectivity index (χ4n) is 1.38. The van der Waals surface area contributed by atoms with Crippen LogP contribution in [0.1, 0.15) is 11.1 Å². The first kappa shape index (κ1) is 19.3. The molecule has 18 heavy (non-hydrogen) atoms. The molecule has 0 aliphatic rings. The molecule has 1 aromatic rings. The standard InChI is InChI=1S/C8H7BF4IO2S.K/c1-5-7(9(10,11)12)2-6(3-8(5)14)4-17(13,15)16;/h2-3H,4H2,1H3;/q-1;+1. The number of benzene rings is 1. The summed E-state index contributed by atoms with van der Waals surface area (Å²) in [7, 11) is -4.83. The van der Waals surface area contributed by atoms with E-state index in [1.54, 1.807) is 22.6 Å². The first-order chi connectivity index (χ1) is 7.50. The Labute approximate surface area is 159 Å². The maximum Gasteiger partial charge on any atom is 1.00 e. The van der Waals surface area contributed by atoms with Gasteiger partial charge in [-0.1, -0.05) is 11.6 Å². The Balaban J connectivity index is 0.00000289. The number of rotatable bonds is 3. The van der Waals surface area contributed by atoms with E-state index >= 15 is 0 Å². The summed E-state index contributed by atoms with van der Waals surface area (Å²) in [6.07, 6.45) is 0. The minimum Gasteiger partial charge on any atom is -0.445 e. The molecule has 0 radical (unpaired) electrons. The second-order valence-electron chi connectivity index (χ2n) is 3.55. The third-order valence-electron chi connectivity index (χ3n) is 2.14. The molecule has 1 rings (SSSR count). The second kappa shape index (κ2) is 6.85. The molecule has 0 amide bonds. The smallest absolute Gasteiger partial charge is 0.445 e. The fourth-order valence-corrected chi connectivity index (χ4v) is 2.66. The van der Waals surface area contributed by atoms with Gasteiger partial charge in [0.1, 0.15) is 5.75 Å². The van der Waals surface area contributed by atoms with Gasteiger partial charge < -0.3 is 12.9 Å². The number of halogens is 5. The largest absolute Gasteiger partial charge is 1.00 e. The van der Waals surface area contributed by atoms with Crippen LogP contribution in [0.5, 0.6) is 0 Å². The van der Waals surface area contributed by atoms with Crippen molar-refractivity contribution in [1.82, 2.24) is 0 Å². The number of hydrogen-bond acceptors (Lipinski definition) is 2. The fraction of sp³-hybridized carbons (Fsp3) is 0.250. The average molecular weight is 420 g/mol. The van der Waals surface area contributed by atoms with E-state index in [1.165, 1.54) is 13.0 Å². The molecule has 0 bridgehead atoms. The summed E-state index contributed by atoms with van der Waals surface area (Å²) in [6.45, 7) is -3.95. The Morgan fingerprint density at radius 3 is 2.17 bits per heavy atom. The van der Waals surface area contributed by atoms with Gasteiger partial charge in [-0.15, -0.1) is 9.35 Å². The van der Waals surface area contributed by atoms with Crippen molar-refractivity contribution < 1.29 is 76.6 Å². The van der Waals surface area contributed by atoms with Crippen molar-refractivity contribution in [2.24, 2.45) is 0 Å². The second-order valence-corrected chi connectivity index (χ2v) is 6.08. The molecule has 0 heterocycles. The van der Waals surface area contributed by atoms with Crippen LogP contribution in [-0.4, -0.2) is 15.4 Å². The third-order valence-corrected chi connectivity index (χ3v) is 3.93. The molecule has 0 spiro atoms. The summed E-state index contributed by atoms with van der Waals surface area (Å²) in [6, 6.07) is 1.92. The molecule has 0 aromatic heterocycles. The normalized spacial score (nSPS) is 12.1. The predicted octanol–water partition coefficient (Wildman–Crippen LogP) is -0.543. The molecular formula is C8H7BF4IKO2S. The molecular weight excluding hydrogens is 413 g/mol. The molecule has 0 N–H and O–H groups in total. The van der Waals surface area contributed by atoms with Crippen molar-refractivity contribution in [3.8, 4) is 0 Å². The van der Waals surface area contributed by atoms with Crippen LogP contribution in [0.2, 0.25) is 0 Å². The van der Waals surface area contributed by atoms with E-state index in [1.807, 2.05) is 0 Å². The van der Waals surface area contributed by atoms with Crippen LogP contribution < -0.4 is 56.8 Å². The van der Waals surface area contributed by atoms with Crippen molar-refractivity contribution in [1.29, 1.82) is 0 Å². The summed E-state index contributed by atoms with van der Waals surface area (Å²) in [4.78, 5) is 0. The van der Waals surface area contributed by atoms with E-state index in [9.17, 15) is 25.3 Å². The summed E-state index contributed by atoms with van der Waals surface area (Å²) >= 11 is 1.66. The van der Waals surface area contributed by atoms with Gasteiger partial charge in [-0.25, -0.2) is 0 Å². The Kier molecular flexibility index (Phi) is 7.36. The van der Waals surface area contributed by atoms with E-state index < -0.39 is 28.4 Å². The summed E-state index contributed by atoms with van der Waals surface area (Å²) in [5.74, 6) is -1.04. The van der Waals surface area contributed by atoms with Gasteiger partial charge in [0.05, 0.1) is 0 Å². The van der Waals surface area contributed by atoms with Crippen LogP contribution in [-0.2, 0) is 16.0 Å². The van der Waals surface area contributed by atoms with Crippen LogP contribution in [0.15, 0.2) is 12.1 Å². The molecule has 0 aliphatic carbocycles. The Morgan fingerprint density at radius 1 is 1.28 bits per heavy atom. The zero-order chi connectivity index (χ0) is 13.4. The minimum absolute atomic E-state index is 0. The minimum atomic E-state index is -5.24. The van der Waals surface area contributed by atoms with Crippen molar-refractivity contribution in [3.63, 3.8) is 0 Å². The molecule has 0 atom stereocenters. The summed E-state index contributed by atoms with van der Waals surface area (Å²) in [5, 5.41) is 0. The maximum absolute atomic E-state index is 12.7. The molecule has 1 aromatic carbocycles. The molecule has 0 fully saturated rings. The van der Waals surface area contributed by atoms with E-state index in [4.69, 9.17) is 0 Å². The first-order valence-electron chi connectivity index (χ1n) is 4.42. The van der Waals surface area contributed by atoms with Crippen LogP contribution >= 0.6 is 22.6 Å². The van der Waals surface area contributed by atoms with E-state index in [-0.39, 0.29) is 66.1 Å². The van der Waals surface area contributed by atoms with Crippen LogP contribution in [0, 0.1) is 10.5 Å². The van der Waals surface area contributed by atoms with Gasteiger partial charge in [-0.2, -0.15) is 8.42 Å². The van der Waals surface area contributed by atoms with Crippen LogP contribution in [0.3, 0.4) is 0 Å². The van der Waals surface area contributed by atoms with E-state index in [2.05, 4.69) is 0 Å². The number of hydrogen-bond donors (Lipinski definition) is 0. The molecule has 0 saturated carbocycles. The summed E-state index contributed by atoms with van der Waals surface area (Å²) in [5.41, 5.74) is -1.05. The van der Waals surface area contributed by atoms with Crippen molar-refractivity contribution in [2.75, 3.05) is 0 Å². The molecule has 10 heteroatoms. The molecule has 0 unspecified atom stereocenters. The SMILES string of the molecule is Cc1c(I)cc(CS(=O)(=O)F)cc1[B-](F)(F)F.[K+]. The average Bonchev–Trinajstić information content (AvgIpc) is 2.06. The zero-order valence-corrected chi connectivity index (χ0v) is 15.7. The van der Waals surface area contributed by atoms with Gasteiger partial charge in [0, 0.05) is 3.57 Å². The van der Waals surface area contributed by atoms with Gasteiger partial charge in [0.2, 0.25) is 0 Å². The quantitative estimate of drug-likeness (QED) is 0.285. The monoisotopic (exact) mass is 420 g/mol.